The number of nitrogens with zero attached hydrogens (tertiary/aromatic N) is 1. The number of amides is 1. The Balaban J connectivity index is 3.09. The standard InChI is InChI=1S/C10H11FN2O4/c1-5(2)10(15)12-6-3-4-7(13(16)17)8(11)9(6)14/h3-5,14H,1-2H3,(H,12,15). The maximum atomic E-state index is 13.3. The molecule has 17 heavy (non-hydrogen) atoms. The highest BCUT2D eigenvalue weighted by atomic mass is 19.1. The smallest absolute Gasteiger partial charge is 0.308 e. The van der Waals surface area contributed by atoms with Crippen molar-refractivity contribution in [2.45, 2.75) is 13.8 Å². The number of halogens is 1. The van der Waals surface area contributed by atoms with Gasteiger partial charge in [0.25, 0.3) is 0 Å². The van der Waals surface area contributed by atoms with E-state index in [1.54, 1.807) is 13.8 Å². The Kier molecular flexibility index (Phi) is 3.62. The molecule has 0 aliphatic rings. The van der Waals surface area contributed by atoms with E-state index in [-0.39, 0.29) is 11.6 Å². The van der Waals surface area contributed by atoms with Gasteiger partial charge in [-0.3, -0.25) is 14.9 Å². The molecular formula is C10H11FN2O4. The summed E-state index contributed by atoms with van der Waals surface area (Å²) in [6.07, 6.45) is 0. The van der Waals surface area contributed by atoms with Gasteiger partial charge in [0.15, 0.2) is 5.75 Å². The molecule has 0 saturated carbocycles. The highest BCUT2D eigenvalue weighted by molar-refractivity contribution is 5.93. The Bertz CT molecular complexity index is 474. The quantitative estimate of drug-likeness (QED) is 0.482. The van der Waals surface area contributed by atoms with E-state index >= 15 is 0 Å². The molecule has 1 amide bonds. The zero-order chi connectivity index (χ0) is 13.2. The van der Waals surface area contributed by atoms with Crippen LogP contribution in [0.25, 0.3) is 0 Å². The number of carbonyl (C=O) groups is 1. The lowest BCUT2D eigenvalue weighted by Gasteiger charge is -2.09. The largest absolute Gasteiger partial charge is 0.503 e. The lowest BCUT2D eigenvalue weighted by atomic mass is 10.2. The molecule has 0 aliphatic carbocycles. The molecule has 7 heteroatoms. The number of nitro benzene ring substituents is 1. The number of phenols is 1. The molecule has 0 atom stereocenters. The Morgan fingerprint density at radius 2 is 2.12 bits per heavy atom. The first-order valence-corrected chi connectivity index (χ1v) is 4.81. The average molecular weight is 242 g/mol. The molecular weight excluding hydrogens is 231 g/mol. The van der Waals surface area contributed by atoms with E-state index in [0.717, 1.165) is 12.1 Å². The molecule has 1 aromatic rings. The normalized spacial score (nSPS) is 10.4. The van der Waals surface area contributed by atoms with E-state index in [2.05, 4.69) is 5.32 Å². The van der Waals surface area contributed by atoms with Crippen LogP contribution in [-0.4, -0.2) is 15.9 Å². The van der Waals surface area contributed by atoms with E-state index in [9.17, 15) is 24.4 Å². The number of benzene rings is 1. The van der Waals surface area contributed by atoms with Crippen molar-refractivity contribution in [1.29, 1.82) is 0 Å². The summed E-state index contributed by atoms with van der Waals surface area (Å²) in [6.45, 7) is 3.24. The van der Waals surface area contributed by atoms with Crippen molar-refractivity contribution in [2.75, 3.05) is 5.32 Å². The maximum absolute atomic E-state index is 13.3. The lowest BCUT2D eigenvalue weighted by molar-refractivity contribution is -0.387. The zero-order valence-corrected chi connectivity index (χ0v) is 9.23. The summed E-state index contributed by atoms with van der Waals surface area (Å²) in [6, 6.07) is 1.96. The first-order chi connectivity index (χ1) is 7.84. The third-order valence-corrected chi connectivity index (χ3v) is 2.07. The molecule has 1 rings (SSSR count). The van der Waals surface area contributed by atoms with Crippen LogP contribution in [-0.2, 0) is 4.79 Å². The van der Waals surface area contributed by atoms with Gasteiger partial charge in [-0.1, -0.05) is 13.8 Å². The highest BCUT2D eigenvalue weighted by Gasteiger charge is 2.21. The van der Waals surface area contributed by atoms with Crippen molar-refractivity contribution in [2.24, 2.45) is 5.92 Å². The van der Waals surface area contributed by atoms with Crippen LogP contribution in [0, 0.1) is 21.8 Å². The van der Waals surface area contributed by atoms with Crippen molar-refractivity contribution < 1.29 is 19.2 Å². The second-order valence-electron chi connectivity index (χ2n) is 3.70. The van der Waals surface area contributed by atoms with Crippen LogP contribution in [0.15, 0.2) is 12.1 Å². The number of hydrogen-bond acceptors (Lipinski definition) is 4. The van der Waals surface area contributed by atoms with Crippen LogP contribution >= 0.6 is 0 Å². The fourth-order valence-corrected chi connectivity index (χ4v) is 1.07. The predicted molar refractivity (Wildman–Crippen MR) is 58.2 cm³/mol. The summed E-state index contributed by atoms with van der Waals surface area (Å²) in [5.41, 5.74) is -1.03. The molecule has 6 nitrogen and oxygen atoms in total. The van der Waals surface area contributed by atoms with Crippen molar-refractivity contribution >= 4 is 17.3 Å². The summed E-state index contributed by atoms with van der Waals surface area (Å²) in [5.74, 6) is -3.08. The topological polar surface area (TPSA) is 92.5 Å². The number of aromatic hydroxyl groups is 1. The van der Waals surface area contributed by atoms with Crippen molar-refractivity contribution in [3.05, 3.63) is 28.1 Å². The third kappa shape index (κ3) is 2.68. The van der Waals surface area contributed by atoms with Gasteiger partial charge >= 0.3 is 5.69 Å². The molecule has 0 fully saturated rings. The van der Waals surface area contributed by atoms with Crippen LogP contribution in [0.4, 0.5) is 15.8 Å². The van der Waals surface area contributed by atoms with Gasteiger partial charge in [-0.2, -0.15) is 4.39 Å². The minimum atomic E-state index is -1.36. The Morgan fingerprint density at radius 3 is 2.59 bits per heavy atom. The predicted octanol–water partition coefficient (Wildman–Crippen LogP) is 2.03. The summed E-state index contributed by atoms with van der Waals surface area (Å²) >= 11 is 0. The highest BCUT2D eigenvalue weighted by Crippen LogP contribution is 2.32. The van der Waals surface area contributed by atoms with E-state index in [0.29, 0.717) is 0 Å². The molecule has 92 valence electrons. The molecule has 0 heterocycles. The van der Waals surface area contributed by atoms with Crippen LogP contribution in [0.2, 0.25) is 0 Å². The fraction of sp³-hybridized carbons (Fsp3) is 0.300. The van der Waals surface area contributed by atoms with Crippen LogP contribution in [0.5, 0.6) is 5.75 Å². The molecule has 0 bridgehead atoms. The van der Waals surface area contributed by atoms with E-state index < -0.39 is 28.1 Å². The van der Waals surface area contributed by atoms with Crippen LogP contribution < -0.4 is 5.32 Å². The molecule has 0 aromatic heterocycles. The van der Waals surface area contributed by atoms with Crippen molar-refractivity contribution in [3.63, 3.8) is 0 Å². The van der Waals surface area contributed by atoms with E-state index in [4.69, 9.17) is 0 Å². The Hall–Kier alpha value is -2.18. The first kappa shape index (κ1) is 12.9. The fourth-order valence-electron chi connectivity index (χ4n) is 1.07. The molecule has 0 saturated heterocycles. The summed E-state index contributed by atoms with van der Waals surface area (Å²) in [4.78, 5) is 20.7. The van der Waals surface area contributed by atoms with E-state index in [1.807, 2.05) is 0 Å². The number of nitrogens with one attached hydrogen (secondary N) is 1. The second kappa shape index (κ2) is 4.77. The average Bonchev–Trinajstić information content (AvgIpc) is 2.24. The minimum Gasteiger partial charge on any atom is -0.503 e. The molecule has 0 unspecified atom stereocenters. The van der Waals surface area contributed by atoms with Crippen molar-refractivity contribution in [1.82, 2.24) is 0 Å². The summed E-state index contributed by atoms with van der Waals surface area (Å²) in [7, 11) is 0. The monoisotopic (exact) mass is 242 g/mol. The zero-order valence-electron chi connectivity index (χ0n) is 9.23. The number of phenolic OH excluding ortho intramolecular Hbond substituents is 1. The van der Waals surface area contributed by atoms with Gasteiger partial charge in [0.05, 0.1) is 10.6 Å². The maximum Gasteiger partial charge on any atom is 0.308 e. The SMILES string of the molecule is CC(C)C(=O)Nc1ccc([N+](=O)[O-])c(F)c1O. The third-order valence-electron chi connectivity index (χ3n) is 2.07. The van der Waals surface area contributed by atoms with Crippen molar-refractivity contribution in [3.8, 4) is 5.75 Å². The van der Waals surface area contributed by atoms with Gasteiger partial charge in [0.2, 0.25) is 11.7 Å². The summed E-state index contributed by atoms with van der Waals surface area (Å²) < 4.78 is 13.3. The number of carbonyl (C=O) groups excluding carboxylic acids is 1. The van der Waals surface area contributed by atoms with Gasteiger partial charge in [-0.05, 0) is 6.07 Å². The Labute approximate surface area is 96.2 Å². The number of hydrogen-bond donors (Lipinski definition) is 2. The lowest BCUT2D eigenvalue weighted by Crippen LogP contribution is -2.18. The summed E-state index contributed by atoms with van der Waals surface area (Å²) in [5, 5.41) is 22.0. The van der Waals surface area contributed by atoms with Gasteiger partial charge in [0, 0.05) is 12.0 Å². The minimum absolute atomic E-state index is 0.188. The second-order valence-corrected chi connectivity index (χ2v) is 3.70. The van der Waals surface area contributed by atoms with Crippen LogP contribution in [0.1, 0.15) is 13.8 Å². The molecule has 0 radical (unpaired) electrons. The van der Waals surface area contributed by atoms with Gasteiger partial charge in [0.1, 0.15) is 0 Å². The van der Waals surface area contributed by atoms with Gasteiger partial charge in [-0.15, -0.1) is 0 Å². The molecule has 2 N–H and O–H groups in total. The van der Waals surface area contributed by atoms with E-state index in [1.165, 1.54) is 0 Å². The van der Waals surface area contributed by atoms with Gasteiger partial charge < -0.3 is 10.4 Å². The molecule has 0 aliphatic heterocycles. The number of anilines is 1. The Morgan fingerprint density at radius 1 is 1.53 bits per heavy atom. The first-order valence-electron chi connectivity index (χ1n) is 4.81. The van der Waals surface area contributed by atoms with Crippen LogP contribution in [0.3, 0.4) is 0 Å². The molecule has 0 spiro atoms. The molecule has 1 aromatic carbocycles. The number of nitro groups is 1. The number of rotatable bonds is 3. The van der Waals surface area contributed by atoms with Gasteiger partial charge in [-0.25, -0.2) is 0 Å².